The van der Waals surface area contributed by atoms with Gasteiger partial charge in [-0.2, -0.15) is 0 Å². The van der Waals surface area contributed by atoms with Crippen molar-refractivity contribution in [3.05, 3.63) is 185 Å². The van der Waals surface area contributed by atoms with E-state index < -0.39 is 0 Å². The van der Waals surface area contributed by atoms with Gasteiger partial charge in [0.2, 0.25) is 0 Å². The molecule has 5 heteroatoms. The summed E-state index contributed by atoms with van der Waals surface area (Å²) in [5.41, 5.74) is 24.5. The van der Waals surface area contributed by atoms with Gasteiger partial charge in [0.05, 0.1) is 11.4 Å². The minimum absolute atomic E-state index is 0.0108. The molecule has 2 aliphatic heterocycles. The maximum atomic E-state index is 5.63. The van der Waals surface area contributed by atoms with Crippen molar-refractivity contribution in [3.63, 3.8) is 0 Å². The van der Waals surface area contributed by atoms with E-state index in [1.165, 1.54) is 148 Å². The summed E-state index contributed by atoms with van der Waals surface area (Å²) in [5, 5.41) is 0. The van der Waals surface area contributed by atoms with Gasteiger partial charge in [0.1, 0.15) is 0 Å². The molecule has 4 aliphatic rings. The fourth-order valence-corrected chi connectivity index (χ4v) is 13.4. The van der Waals surface area contributed by atoms with Crippen molar-refractivity contribution in [2.24, 2.45) is 0 Å². The molecule has 0 radical (unpaired) electrons. The molecular weight excluding hydrogens is 956 g/mol. The molecule has 4 nitrogen and oxygen atoms in total. The zero-order valence-electron chi connectivity index (χ0n) is 49.5. The second kappa shape index (κ2) is 20.1. The Kier molecular flexibility index (Phi) is 13.5. The first-order valence-corrected chi connectivity index (χ1v) is 30.1. The van der Waals surface area contributed by atoms with Gasteiger partial charge in [-0.15, -0.1) is 0 Å². The molecule has 1 aromatic heterocycles. The van der Waals surface area contributed by atoms with Crippen LogP contribution in [0.5, 0.6) is 0 Å². The third kappa shape index (κ3) is 10.2. The monoisotopic (exact) mass is 1040 g/mol. The maximum absolute atomic E-state index is 5.63. The molecular formula is C74H83BN4. The molecule has 0 amide bonds. The van der Waals surface area contributed by atoms with E-state index in [9.17, 15) is 0 Å². The Morgan fingerprint density at radius 3 is 1.14 bits per heavy atom. The lowest BCUT2D eigenvalue weighted by molar-refractivity contribution is 0.444. The Labute approximate surface area is 474 Å². The number of nitrogens with zero attached hydrogens (tertiary/aromatic N) is 4. The van der Waals surface area contributed by atoms with Gasteiger partial charge in [-0.05, 0) is 164 Å². The highest BCUT2D eigenvalue weighted by Gasteiger charge is 2.45. The molecule has 12 rings (SSSR count). The van der Waals surface area contributed by atoms with E-state index in [4.69, 9.17) is 9.97 Å². The second-order valence-electron chi connectivity index (χ2n) is 28.1. The topological polar surface area (TPSA) is 32.3 Å². The number of hydrogen-bond donors (Lipinski definition) is 0. The number of aromatic nitrogens is 2. The third-order valence-corrected chi connectivity index (χ3v) is 18.2. The summed E-state index contributed by atoms with van der Waals surface area (Å²) in [6.45, 7) is 28.5. The lowest BCUT2D eigenvalue weighted by Crippen LogP contribution is -2.61. The summed E-state index contributed by atoms with van der Waals surface area (Å²) in [6, 6.07) is 59.0. The Morgan fingerprint density at radius 1 is 0.367 bits per heavy atom. The van der Waals surface area contributed by atoms with Gasteiger partial charge in [0, 0.05) is 50.8 Å². The van der Waals surface area contributed by atoms with Gasteiger partial charge in [0.25, 0.3) is 6.71 Å². The first kappa shape index (κ1) is 53.0. The number of fused-ring (bicyclic) bond motifs is 4. The molecule has 0 N–H and O–H groups in total. The van der Waals surface area contributed by atoms with E-state index in [-0.39, 0.29) is 28.4 Å². The molecule has 2 saturated carbocycles. The average Bonchev–Trinajstić information content (AvgIpc) is 3.63. The number of anilines is 6. The molecule has 8 aromatic rings. The summed E-state index contributed by atoms with van der Waals surface area (Å²) < 4.78 is 0. The first-order chi connectivity index (χ1) is 37.7. The number of hydrogen-bond acceptors (Lipinski definition) is 4. The van der Waals surface area contributed by atoms with Gasteiger partial charge < -0.3 is 9.80 Å². The largest absolute Gasteiger partial charge is 0.311 e. The van der Waals surface area contributed by atoms with Crippen LogP contribution in [-0.4, -0.2) is 16.7 Å². The summed E-state index contributed by atoms with van der Waals surface area (Å²) in [5.74, 6) is 1.81. The van der Waals surface area contributed by atoms with Crippen LogP contribution in [0.25, 0.3) is 33.9 Å². The summed E-state index contributed by atoms with van der Waals surface area (Å²) in [6.07, 6.45) is 12.8. The van der Waals surface area contributed by atoms with Crippen LogP contribution < -0.4 is 26.2 Å². The number of benzene rings is 7. The van der Waals surface area contributed by atoms with Gasteiger partial charge in [-0.25, -0.2) is 9.97 Å². The molecule has 0 atom stereocenters. The summed E-state index contributed by atoms with van der Waals surface area (Å²) in [7, 11) is 0. The SMILES string of the molecule is CC(C)(C)c1cc(N2c3cc(C4CCCCC4)ccc3B3c4ccc(C5CCCCC5)cc4N(c4cc(C(C)(C)C)cc(C(C)(C)C)c4)c4cc(-c5cc(-c6ccccc6)nc(-c6ccccc6)n5)cc2c43)cc(C(C)(C)C)c1. The molecule has 0 bridgehead atoms. The van der Waals surface area contributed by atoms with Crippen LogP contribution in [0.2, 0.25) is 0 Å². The lowest BCUT2D eigenvalue weighted by Gasteiger charge is -2.45. The molecule has 2 fully saturated rings. The van der Waals surface area contributed by atoms with E-state index in [2.05, 4.69) is 245 Å². The quantitative estimate of drug-likeness (QED) is 0.149. The zero-order chi connectivity index (χ0) is 55.2. The Morgan fingerprint density at radius 2 is 0.747 bits per heavy atom. The predicted molar refractivity (Wildman–Crippen MR) is 339 cm³/mol. The second-order valence-corrected chi connectivity index (χ2v) is 28.1. The Balaban J connectivity index is 1.23. The van der Waals surface area contributed by atoms with Gasteiger partial charge >= 0.3 is 0 Å². The van der Waals surface area contributed by atoms with Crippen LogP contribution in [0.4, 0.5) is 34.1 Å². The molecule has 3 heterocycles. The van der Waals surface area contributed by atoms with Crippen LogP contribution in [-0.2, 0) is 21.7 Å². The van der Waals surface area contributed by atoms with Crippen molar-refractivity contribution in [1.29, 1.82) is 0 Å². The average molecular weight is 1040 g/mol. The molecule has 0 saturated heterocycles. The van der Waals surface area contributed by atoms with Crippen LogP contribution in [0.3, 0.4) is 0 Å². The maximum Gasteiger partial charge on any atom is 0.252 e. The number of rotatable bonds is 7. The Bertz CT molecular complexity index is 3280. The highest BCUT2D eigenvalue weighted by Crippen LogP contribution is 2.50. The predicted octanol–water partition coefficient (Wildman–Crippen LogP) is 18.8. The van der Waals surface area contributed by atoms with Crippen molar-refractivity contribution >= 4 is 57.2 Å². The van der Waals surface area contributed by atoms with Gasteiger partial charge in [-0.1, -0.05) is 219 Å². The molecule has 402 valence electrons. The minimum Gasteiger partial charge on any atom is -0.311 e. The van der Waals surface area contributed by atoms with E-state index in [1.54, 1.807) is 0 Å². The highest BCUT2D eigenvalue weighted by molar-refractivity contribution is 7.00. The fourth-order valence-electron chi connectivity index (χ4n) is 13.4. The fraction of sp³-hybridized carbons (Fsp3) is 0.378. The van der Waals surface area contributed by atoms with Crippen molar-refractivity contribution in [2.45, 2.75) is 181 Å². The van der Waals surface area contributed by atoms with Crippen molar-refractivity contribution in [2.75, 3.05) is 9.80 Å². The van der Waals surface area contributed by atoms with Crippen LogP contribution in [0.1, 0.15) is 193 Å². The van der Waals surface area contributed by atoms with Crippen molar-refractivity contribution < 1.29 is 0 Å². The van der Waals surface area contributed by atoms with Crippen molar-refractivity contribution in [3.8, 4) is 33.9 Å². The van der Waals surface area contributed by atoms with Crippen LogP contribution in [0, 0.1) is 0 Å². The van der Waals surface area contributed by atoms with Crippen LogP contribution in [0.15, 0.2) is 152 Å². The molecule has 0 spiro atoms. The molecule has 2 aliphatic carbocycles. The first-order valence-electron chi connectivity index (χ1n) is 30.1. The molecule has 7 aromatic carbocycles. The summed E-state index contributed by atoms with van der Waals surface area (Å²) in [4.78, 5) is 16.4. The van der Waals surface area contributed by atoms with Crippen LogP contribution >= 0.6 is 0 Å². The lowest BCUT2D eigenvalue weighted by atomic mass is 9.33. The third-order valence-electron chi connectivity index (χ3n) is 18.2. The summed E-state index contributed by atoms with van der Waals surface area (Å²) >= 11 is 0. The standard InChI is InChI=1S/C74H83BN4/c1-71(2,3)55-41-56(72(4,5)6)44-59(43-55)78-65-37-52(48-25-17-13-18-26-48)33-35-61(65)75-62-36-34-53(49-27-19-14-20-28-49)38-66(62)79(60-45-57(73(7,8)9)42-58(46-60)74(10,11)12)68-40-54(39-67(78)69(68)75)64-47-63(50-29-21-15-22-30-50)76-70(77-64)51-31-23-16-24-32-51/h15-16,21-24,29-49H,13-14,17-20,25-28H2,1-12H3. The highest BCUT2D eigenvalue weighted by atomic mass is 15.2. The van der Waals surface area contributed by atoms with Gasteiger partial charge in [-0.3, -0.25) is 0 Å². The van der Waals surface area contributed by atoms with Gasteiger partial charge in [0.15, 0.2) is 5.82 Å². The molecule has 79 heavy (non-hydrogen) atoms. The minimum atomic E-state index is -0.0837. The van der Waals surface area contributed by atoms with Crippen molar-refractivity contribution in [1.82, 2.24) is 9.97 Å². The normalized spacial score (nSPS) is 16.2. The van der Waals surface area contributed by atoms with E-state index in [0.29, 0.717) is 11.8 Å². The van der Waals surface area contributed by atoms with E-state index >= 15 is 0 Å². The smallest absolute Gasteiger partial charge is 0.252 e. The zero-order valence-corrected chi connectivity index (χ0v) is 49.5. The Hall–Kier alpha value is -6.72. The van der Waals surface area contributed by atoms with E-state index in [0.717, 1.165) is 33.9 Å². The molecule has 0 unspecified atom stereocenters. The van der Waals surface area contributed by atoms with E-state index in [1.807, 2.05) is 0 Å².